The highest BCUT2D eigenvalue weighted by Crippen LogP contribution is 2.37. The van der Waals surface area contributed by atoms with Crippen LogP contribution in [0.15, 0.2) is 72.8 Å². The first kappa shape index (κ1) is 27.3. The molecule has 7 heteroatoms. The van der Waals surface area contributed by atoms with Crippen molar-refractivity contribution < 1.29 is 23.5 Å². The Kier molecular flexibility index (Phi) is 9.24. The zero-order chi connectivity index (χ0) is 25.4. The van der Waals surface area contributed by atoms with Crippen molar-refractivity contribution >= 4 is 30.8 Å². The second-order valence-corrected chi connectivity index (χ2v) is 14.3. The van der Waals surface area contributed by atoms with Crippen LogP contribution in [-0.4, -0.2) is 45.7 Å². The summed E-state index contributed by atoms with van der Waals surface area (Å²) in [6.45, 7) is 12.1. The van der Waals surface area contributed by atoms with Gasteiger partial charge in [-0.15, -0.1) is 0 Å². The van der Waals surface area contributed by atoms with Crippen LogP contribution in [0.5, 0.6) is 0 Å². The lowest BCUT2D eigenvalue weighted by Gasteiger charge is -2.44. The average Bonchev–Trinajstić information content (AvgIpc) is 2.77. The number of methoxy groups -OCH3 is 1. The van der Waals surface area contributed by atoms with Crippen molar-refractivity contribution in [2.45, 2.75) is 58.3 Å². The molecule has 1 amide bonds. The first-order valence-electron chi connectivity index (χ1n) is 11.4. The summed E-state index contributed by atoms with van der Waals surface area (Å²) in [6.07, 6.45) is 1.83. The van der Waals surface area contributed by atoms with E-state index in [1.807, 2.05) is 36.4 Å². The van der Waals surface area contributed by atoms with E-state index < -0.39 is 32.1 Å². The van der Waals surface area contributed by atoms with Crippen molar-refractivity contribution in [2.24, 2.45) is 0 Å². The number of carbonyl (C=O) groups excluding carboxylic acids is 2. The Bertz CT molecular complexity index is 923. The van der Waals surface area contributed by atoms with Gasteiger partial charge in [0.15, 0.2) is 0 Å². The van der Waals surface area contributed by atoms with Gasteiger partial charge in [-0.05, 0) is 42.3 Å². The smallest absolute Gasteiger partial charge is 0.407 e. The first-order chi connectivity index (χ1) is 15.9. The van der Waals surface area contributed by atoms with Crippen molar-refractivity contribution in [2.75, 3.05) is 13.7 Å². The molecule has 1 atom stereocenters. The number of rotatable bonds is 8. The van der Waals surface area contributed by atoms with Gasteiger partial charge in [0.2, 0.25) is 0 Å². The van der Waals surface area contributed by atoms with E-state index in [9.17, 15) is 9.59 Å². The van der Waals surface area contributed by atoms with Crippen LogP contribution in [0.2, 0.25) is 5.04 Å². The van der Waals surface area contributed by atoms with Crippen molar-refractivity contribution in [3.63, 3.8) is 0 Å². The van der Waals surface area contributed by atoms with Crippen LogP contribution in [-0.2, 0) is 18.7 Å². The van der Waals surface area contributed by atoms with Gasteiger partial charge in [0.1, 0.15) is 5.60 Å². The zero-order valence-corrected chi connectivity index (χ0v) is 22.3. The summed E-state index contributed by atoms with van der Waals surface area (Å²) in [5.74, 6) is -0.492. The molecule has 0 saturated heterocycles. The number of amides is 1. The molecule has 184 valence electrons. The van der Waals surface area contributed by atoms with E-state index >= 15 is 0 Å². The van der Waals surface area contributed by atoms with E-state index in [0.29, 0.717) is 0 Å². The van der Waals surface area contributed by atoms with Crippen molar-refractivity contribution in [3.8, 4) is 0 Å². The molecular weight excluding hydrogens is 446 g/mol. The number of benzene rings is 2. The third-order valence-electron chi connectivity index (χ3n) is 5.24. The van der Waals surface area contributed by atoms with E-state index in [-0.39, 0.29) is 11.6 Å². The molecule has 0 aliphatic rings. The van der Waals surface area contributed by atoms with E-state index in [1.165, 1.54) is 13.2 Å². The topological polar surface area (TPSA) is 73.9 Å². The Morgan fingerprint density at radius 2 is 1.41 bits per heavy atom. The Labute approximate surface area is 204 Å². The minimum atomic E-state index is -2.91. The minimum Gasteiger partial charge on any atom is -0.466 e. The maximum absolute atomic E-state index is 12.4. The van der Waals surface area contributed by atoms with Gasteiger partial charge in [-0.3, -0.25) is 0 Å². The molecule has 2 aromatic rings. The zero-order valence-electron chi connectivity index (χ0n) is 21.3. The quantitative estimate of drug-likeness (QED) is 0.346. The summed E-state index contributed by atoms with van der Waals surface area (Å²) in [4.78, 5) is 24.2. The molecule has 1 N–H and O–H groups in total. The predicted molar refractivity (Wildman–Crippen MR) is 138 cm³/mol. The number of alkyl carbamates (subject to hydrolysis) is 1. The molecule has 0 spiro atoms. The molecule has 0 aliphatic heterocycles. The Morgan fingerprint density at radius 1 is 0.912 bits per heavy atom. The van der Waals surface area contributed by atoms with E-state index in [2.05, 4.69) is 50.4 Å². The largest absolute Gasteiger partial charge is 0.466 e. The Morgan fingerprint density at radius 3 is 1.82 bits per heavy atom. The number of ether oxygens (including phenoxy) is 2. The van der Waals surface area contributed by atoms with Crippen LogP contribution in [0.25, 0.3) is 0 Å². The van der Waals surface area contributed by atoms with Crippen LogP contribution < -0.4 is 15.7 Å². The second-order valence-electron chi connectivity index (χ2n) is 10.1. The van der Waals surface area contributed by atoms with Gasteiger partial charge in [0, 0.05) is 12.6 Å². The van der Waals surface area contributed by atoms with Gasteiger partial charge in [-0.25, -0.2) is 9.59 Å². The lowest BCUT2D eigenvalue weighted by molar-refractivity contribution is -0.134. The molecule has 0 radical (unpaired) electrons. The second kappa shape index (κ2) is 11.5. The number of esters is 1. The van der Waals surface area contributed by atoms with E-state index in [0.717, 1.165) is 10.4 Å². The molecule has 2 rings (SSSR count). The average molecular weight is 484 g/mol. The highest BCUT2D eigenvalue weighted by atomic mass is 28.4. The number of hydrogen-bond acceptors (Lipinski definition) is 5. The maximum atomic E-state index is 12.4. The summed E-state index contributed by atoms with van der Waals surface area (Å²) >= 11 is 0. The SMILES string of the molecule is COC(=O)/C=C\[C@H](CNC(=O)OC(C)(C)C)O[Si](c1ccccc1)(c1ccccc1)C(C)(C)C. The van der Waals surface area contributed by atoms with Gasteiger partial charge in [0.25, 0.3) is 8.32 Å². The fourth-order valence-corrected chi connectivity index (χ4v) is 8.45. The van der Waals surface area contributed by atoms with Crippen LogP contribution in [0.4, 0.5) is 4.79 Å². The van der Waals surface area contributed by atoms with Crippen LogP contribution >= 0.6 is 0 Å². The van der Waals surface area contributed by atoms with Crippen molar-refractivity contribution in [1.29, 1.82) is 0 Å². The standard InChI is InChI=1S/C27H37NO5Si/c1-26(2,3)32-25(30)28-20-21(18-19-24(29)31-7)33-34(27(4,5)6,22-14-10-8-11-15-22)23-16-12-9-13-17-23/h8-19,21H,20H2,1-7H3,(H,28,30)/b19-18-/t21-/m1/s1. The normalized spacial score (nSPS) is 13.4. The van der Waals surface area contributed by atoms with Gasteiger partial charge < -0.3 is 19.2 Å². The fraction of sp³-hybridized carbons (Fsp3) is 0.407. The summed E-state index contributed by atoms with van der Waals surface area (Å²) in [7, 11) is -1.59. The molecule has 0 fully saturated rings. The molecule has 0 saturated carbocycles. The van der Waals surface area contributed by atoms with E-state index in [1.54, 1.807) is 26.8 Å². The number of carbonyl (C=O) groups is 2. The van der Waals surface area contributed by atoms with Gasteiger partial charge >= 0.3 is 12.1 Å². The van der Waals surface area contributed by atoms with Crippen LogP contribution in [0, 0.1) is 0 Å². The Balaban J connectivity index is 2.54. The molecule has 2 aromatic carbocycles. The lowest BCUT2D eigenvalue weighted by Crippen LogP contribution is -2.68. The fourth-order valence-electron chi connectivity index (χ4n) is 3.82. The molecule has 0 aromatic heterocycles. The van der Waals surface area contributed by atoms with Gasteiger partial charge in [-0.1, -0.05) is 81.4 Å². The summed E-state index contributed by atoms with van der Waals surface area (Å²) in [6, 6.07) is 20.4. The first-order valence-corrected chi connectivity index (χ1v) is 13.3. The lowest BCUT2D eigenvalue weighted by atomic mass is 10.2. The molecule has 0 heterocycles. The molecule has 0 aliphatic carbocycles. The summed E-state index contributed by atoms with van der Waals surface area (Å²) < 4.78 is 17.2. The van der Waals surface area contributed by atoms with Crippen LogP contribution in [0.1, 0.15) is 41.5 Å². The van der Waals surface area contributed by atoms with E-state index in [4.69, 9.17) is 13.9 Å². The van der Waals surface area contributed by atoms with Crippen molar-refractivity contribution in [1.82, 2.24) is 5.32 Å². The molecule has 0 unspecified atom stereocenters. The molecular formula is C27H37NO5Si. The molecule has 6 nitrogen and oxygen atoms in total. The highest BCUT2D eigenvalue weighted by Gasteiger charge is 2.51. The minimum absolute atomic E-state index is 0.132. The highest BCUT2D eigenvalue weighted by molar-refractivity contribution is 6.99. The Hall–Kier alpha value is -2.90. The third-order valence-corrected chi connectivity index (χ3v) is 10.3. The van der Waals surface area contributed by atoms with Crippen molar-refractivity contribution in [3.05, 3.63) is 72.8 Å². The summed E-state index contributed by atoms with van der Waals surface area (Å²) in [5.41, 5.74) is -0.625. The monoisotopic (exact) mass is 483 g/mol. The molecule has 34 heavy (non-hydrogen) atoms. The predicted octanol–water partition coefficient (Wildman–Crippen LogP) is 4.19. The van der Waals surface area contributed by atoms with Crippen LogP contribution in [0.3, 0.4) is 0 Å². The summed E-state index contributed by atoms with van der Waals surface area (Å²) in [5, 5.41) is 4.72. The third kappa shape index (κ3) is 7.30. The molecule has 0 bridgehead atoms. The number of nitrogens with one attached hydrogen (secondary N) is 1. The van der Waals surface area contributed by atoms with Gasteiger partial charge in [-0.2, -0.15) is 0 Å². The number of hydrogen-bond donors (Lipinski definition) is 1. The maximum Gasteiger partial charge on any atom is 0.407 e. The van der Waals surface area contributed by atoms with Gasteiger partial charge in [0.05, 0.1) is 13.2 Å².